The summed E-state index contributed by atoms with van der Waals surface area (Å²) in [6.45, 7) is 7.78. The number of piperidine rings is 1. The number of hydrogen-bond acceptors (Lipinski definition) is 4. The molecule has 0 bridgehead atoms. The van der Waals surface area contributed by atoms with Crippen LogP contribution in [0.1, 0.15) is 12.8 Å². The topological polar surface area (TPSA) is 70.7 Å². The monoisotopic (exact) mass is 250 g/mol. The number of aromatic nitrogens is 2. The predicted molar refractivity (Wildman–Crippen MR) is 60.8 cm³/mol. The summed E-state index contributed by atoms with van der Waals surface area (Å²) in [5.74, 6) is -1.90. The minimum absolute atomic E-state index is 0.284. The number of hydrogen-bond donors (Lipinski definition) is 1. The summed E-state index contributed by atoms with van der Waals surface area (Å²) in [5.41, 5.74) is 0. The molecule has 0 unspecified atom stereocenters. The highest BCUT2D eigenvalue weighted by atomic mass is 19.1. The van der Waals surface area contributed by atoms with E-state index in [1.807, 2.05) is 0 Å². The van der Waals surface area contributed by atoms with Crippen LogP contribution in [0.3, 0.4) is 0 Å². The Bertz CT molecular complexity index is 506. The molecule has 6 nitrogen and oxygen atoms in total. The van der Waals surface area contributed by atoms with Crippen LogP contribution in [0.2, 0.25) is 0 Å². The highest BCUT2D eigenvalue weighted by molar-refractivity contribution is 5.70. The molecule has 1 aliphatic rings. The zero-order valence-corrected chi connectivity index (χ0v) is 9.51. The van der Waals surface area contributed by atoms with Gasteiger partial charge in [-0.15, -0.1) is 0 Å². The molecule has 1 aliphatic heterocycles. The lowest BCUT2D eigenvalue weighted by Gasteiger charge is -2.28. The number of rotatable bonds is 2. The quantitative estimate of drug-likeness (QED) is 0.805. The van der Waals surface area contributed by atoms with Crippen molar-refractivity contribution in [2.75, 3.05) is 18.0 Å². The molecule has 0 saturated carbocycles. The van der Waals surface area contributed by atoms with Crippen molar-refractivity contribution in [2.45, 2.75) is 12.8 Å². The van der Waals surface area contributed by atoms with Crippen LogP contribution in [0.4, 0.5) is 16.2 Å². The maximum atomic E-state index is 13.1. The number of carboxylic acids is 1. The second-order valence-electron chi connectivity index (χ2n) is 4.05. The van der Waals surface area contributed by atoms with E-state index in [-0.39, 0.29) is 17.7 Å². The van der Waals surface area contributed by atoms with Gasteiger partial charge in [-0.1, -0.05) is 11.6 Å². The van der Waals surface area contributed by atoms with E-state index in [0.29, 0.717) is 25.9 Å². The fourth-order valence-corrected chi connectivity index (χ4v) is 1.91. The predicted octanol–water partition coefficient (Wildman–Crippen LogP) is 1.47. The highest BCUT2D eigenvalue weighted by Gasteiger charge is 2.27. The molecule has 2 heterocycles. The van der Waals surface area contributed by atoms with Crippen molar-refractivity contribution in [3.8, 4) is 0 Å². The third kappa shape index (κ3) is 2.37. The summed E-state index contributed by atoms with van der Waals surface area (Å²) in [4.78, 5) is 23.2. The number of aliphatic carboxylic acids is 1. The number of carbonyl (C=O) groups is 1. The minimum atomic E-state index is -0.795. The molecule has 0 amide bonds. The van der Waals surface area contributed by atoms with Crippen molar-refractivity contribution in [1.29, 1.82) is 0 Å². The van der Waals surface area contributed by atoms with Gasteiger partial charge in [0.1, 0.15) is 0 Å². The van der Waals surface area contributed by atoms with Gasteiger partial charge < -0.3 is 14.9 Å². The fourth-order valence-electron chi connectivity index (χ4n) is 1.91. The summed E-state index contributed by atoms with van der Waals surface area (Å²) in [7, 11) is 0. The molecule has 0 aromatic carbocycles. The molecule has 18 heavy (non-hydrogen) atoms. The van der Waals surface area contributed by atoms with Gasteiger partial charge in [-0.05, 0) is 12.8 Å². The molecule has 94 valence electrons. The maximum absolute atomic E-state index is 13.1. The van der Waals surface area contributed by atoms with Crippen LogP contribution in [0, 0.1) is 18.3 Å². The molecular formula is C11H11FN4O2. The van der Waals surface area contributed by atoms with E-state index >= 15 is 0 Å². The summed E-state index contributed by atoms with van der Waals surface area (Å²) in [5, 5.41) is 8.87. The van der Waals surface area contributed by atoms with Gasteiger partial charge in [0.15, 0.2) is 5.82 Å². The van der Waals surface area contributed by atoms with E-state index < -0.39 is 11.8 Å². The van der Waals surface area contributed by atoms with Gasteiger partial charge >= 0.3 is 17.7 Å². The molecule has 1 saturated heterocycles. The molecule has 1 aromatic heterocycles. The number of halogens is 1. The number of carboxylic acid groups (broad SMARTS) is 1. The van der Waals surface area contributed by atoms with Crippen LogP contribution in [-0.2, 0) is 4.79 Å². The van der Waals surface area contributed by atoms with E-state index in [4.69, 9.17) is 11.7 Å². The third-order valence-electron chi connectivity index (χ3n) is 2.95. The summed E-state index contributed by atoms with van der Waals surface area (Å²) in [6.07, 6.45) is 1.98. The fraction of sp³-hybridized carbons (Fsp3) is 0.455. The lowest BCUT2D eigenvalue weighted by atomic mass is 9.97. The maximum Gasteiger partial charge on any atom is 0.322 e. The first-order valence-corrected chi connectivity index (χ1v) is 5.49. The second kappa shape index (κ2) is 4.96. The molecule has 1 fully saturated rings. The average Bonchev–Trinajstić information content (AvgIpc) is 2.39. The molecule has 1 N–H and O–H groups in total. The average molecular weight is 250 g/mol. The first-order valence-electron chi connectivity index (χ1n) is 5.49. The highest BCUT2D eigenvalue weighted by Crippen LogP contribution is 2.23. The molecule has 2 rings (SSSR count). The van der Waals surface area contributed by atoms with E-state index in [1.165, 1.54) is 0 Å². The zero-order chi connectivity index (χ0) is 13.1. The normalized spacial score (nSPS) is 16.3. The Hall–Kier alpha value is -2.23. The Morgan fingerprint density at radius 1 is 1.56 bits per heavy atom. The third-order valence-corrected chi connectivity index (χ3v) is 2.95. The minimum Gasteiger partial charge on any atom is -0.481 e. The van der Waals surface area contributed by atoms with Gasteiger partial charge in [0, 0.05) is 13.1 Å². The Kier molecular flexibility index (Phi) is 3.37. The van der Waals surface area contributed by atoms with E-state index in [9.17, 15) is 9.18 Å². The van der Waals surface area contributed by atoms with Crippen molar-refractivity contribution < 1.29 is 14.3 Å². The Balaban J connectivity index is 2.10. The van der Waals surface area contributed by atoms with E-state index in [2.05, 4.69) is 14.8 Å². The Morgan fingerprint density at radius 3 is 2.78 bits per heavy atom. The molecule has 7 heteroatoms. The molecule has 0 spiro atoms. The summed E-state index contributed by atoms with van der Waals surface area (Å²) in [6, 6.07) is 0. The molecule has 0 aliphatic carbocycles. The van der Waals surface area contributed by atoms with Crippen molar-refractivity contribution in [3.05, 3.63) is 23.4 Å². The number of nitrogens with zero attached hydrogens (tertiary/aromatic N) is 4. The SMILES string of the molecule is [C-]#[N+]c1nc(N2CCC(C(=O)O)CC2)ncc1F. The molecule has 0 atom stereocenters. The van der Waals surface area contributed by atoms with Gasteiger partial charge in [-0.3, -0.25) is 4.79 Å². The molecule has 1 aromatic rings. The Morgan fingerprint density at radius 2 is 2.22 bits per heavy atom. The van der Waals surface area contributed by atoms with Crippen LogP contribution in [0.25, 0.3) is 4.85 Å². The molecular weight excluding hydrogens is 239 g/mol. The van der Waals surface area contributed by atoms with Crippen LogP contribution < -0.4 is 4.90 Å². The van der Waals surface area contributed by atoms with Gasteiger partial charge in [0.25, 0.3) is 0 Å². The van der Waals surface area contributed by atoms with Gasteiger partial charge in [-0.25, -0.2) is 4.39 Å². The summed E-state index contributed by atoms with van der Waals surface area (Å²) < 4.78 is 13.1. The largest absolute Gasteiger partial charge is 0.481 e. The van der Waals surface area contributed by atoms with Gasteiger partial charge in [0.05, 0.1) is 12.1 Å². The van der Waals surface area contributed by atoms with Gasteiger partial charge in [-0.2, -0.15) is 4.98 Å². The lowest BCUT2D eigenvalue weighted by Crippen LogP contribution is -2.37. The van der Waals surface area contributed by atoms with Crippen LogP contribution in [0.5, 0.6) is 0 Å². The van der Waals surface area contributed by atoms with Crippen molar-refractivity contribution in [2.24, 2.45) is 5.92 Å². The van der Waals surface area contributed by atoms with Crippen LogP contribution in [0.15, 0.2) is 6.20 Å². The van der Waals surface area contributed by atoms with Crippen LogP contribution >= 0.6 is 0 Å². The second-order valence-corrected chi connectivity index (χ2v) is 4.05. The van der Waals surface area contributed by atoms with Crippen molar-refractivity contribution in [3.63, 3.8) is 0 Å². The Labute approximate surface area is 103 Å². The smallest absolute Gasteiger partial charge is 0.322 e. The number of anilines is 1. The van der Waals surface area contributed by atoms with Crippen molar-refractivity contribution >= 4 is 17.7 Å². The standard InChI is InChI=1S/C11H11FN4O2/c1-13-9-8(12)6-14-11(15-9)16-4-2-7(3-5-16)10(17)18/h6-7H,2-5H2,(H,17,18). The lowest BCUT2D eigenvalue weighted by molar-refractivity contribution is -0.142. The van der Waals surface area contributed by atoms with E-state index in [1.54, 1.807) is 4.90 Å². The van der Waals surface area contributed by atoms with Crippen LogP contribution in [-0.4, -0.2) is 34.1 Å². The van der Waals surface area contributed by atoms with E-state index in [0.717, 1.165) is 6.20 Å². The van der Waals surface area contributed by atoms with Crippen molar-refractivity contribution in [1.82, 2.24) is 9.97 Å². The summed E-state index contributed by atoms with van der Waals surface area (Å²) >= 11 is 0. The molecule has 0 radical (unpaired) electrons. The van der Waals surface area contributed by atoms with Gasteiger partial charge in [0.2, 0.25) is 0 Å². The first-order chi connectivity index (χ1) is 8.61. The first kappa shape index (κ1) is 12.2. The zero-order valence-electron chi connectivity index (χ0n) is 9.51.